The molecule has 5 aromatic rings. The first-order chi connectivity index (χ1) is 33.2. The summed E-state index contributed by atoms with van der Waals surface area (Å²) in [6, 6.07) is 24.0. The van der Waals surface area contributed by atoms with Crippen LogP contribution in [0.4, 0.5) is 42.1 Å². The van der Waals surface area contributed by atoms with Gasteiger partial charge in [-0.3, -0.25) is 25.0 Å². The lowest BCUT2D eigenvalue weighted by Crippen LogP contribution is -2.43. The molecule has 17 nitrogen and oxygen atoms in total. The number of rotatable bonds is 10. The number of halogens is 7. The first-order valence-electron chi connectivity index (χ1n) is 20.0. The molecule has 376 valence electrons. The van der Waals surface area contributed by atoms with Crippen molar-refractivity contribution in [3.8, 4) is 11.5 Å². The number of benzene rings is 5. The molecule has 0 amide bonds. The van der Waals surface area contributed by atoms with Crippen molar-refractivity contribution in [1.82, 2.24) is 0 Å². The van der Waals surface area contributed by atoms with Gasteiger partial charge >= 0.3 is 47.8 Å². The fourth-order valence-corrected chi connectivity index (χ4v) is 6.54. The van der Waals surface area contributed by atoms with Crippen LogP contribution in [0.1, 0.15) is 86.1 Å². The maximum Gasteiger partial charge on any atom is 0.417 e. The Kier molecular flexibility index (Phi) is 18.9. The van der Waals surface area contributed by atoms with Crippen molar-refractivity contribution in [3.05, 3.63) is 174 Å². The molecule has 2 atom stereocenters. The maximum atomic E-state index is 13.4. The lowest BCUT2D eigenvalue weighted by atomic mass is 9.84. The largest absolute Gasteiger partial charge is 0.476 e. The highest BCUT2D eigenvalue weighted by Gasteiger charge is 2.44. The number of esters is 3. The van der Waals surface area contributed by atoms with Crippen LogP contribution in [0.2, 0.25) is 0 Å². The summed E-state index contributed by atoms with van der Waals surface area (Å²) in [5.41, 5.74) is -6.38. The number of nitro benzene ring substituents is 2. The van der Waals surface area contributed by atoms with Crippen LogP contribution < -0.4 is 9.47 Å². The number of ether oxygens (including phenoxy) is 5. The van der Waals surface area contributed by atoms with Gasteiger partial charge < -0.3 is 23.7 Å². The minimum absolute atomic E-state index is 0.0732. The van der Waals surface area contributed by atoms with E-state index in [1.54, 1.807) is 30.3 Å². The third-order valence-electron chi connectivity index (χ3n) is 10.4. The van der Waals surface area contributed by atoms with Gasteiger partial charge in [0.1, 0.15) is 11.4 Å². The number of Topliss-reactive ketones (excluding diaryl/α,β-unsaturated/α-hetero) is 1. The van der Waals surface area contributed by atoms with Crippen molar-refractivity contribution in [2.45, 2.75) is 57.2 Å². The van der Waals surface area contributed by atoms with Crippen molar-refractivity contribution >= 4 is 41.2 Å². The van der Waals surface area contributed by atoms with Crippen LogP contribution >= 0.6 is 0 Å². The molecule has 0 N–H and O–H groups in total. The number of alkyl halides is 6. The number of hydrogen-bond acceptors (Lipinski definition) is 15. The Hall–Kier alpha value is -8.53. The topological polar surface area (TPSA) is 235 Å². The predicted octanol–water partition coefficient (Wildman–Crippen LogP) is 9.95. The van der Waals surface area contributed by atoms with Gasteiger partial charge in [-0.2, -0.15) is 40.3 Å². The highest BCUT2D eigenvalue weighted by molar-refractivity contribution is 5.96. The molecular formula is C47H39F7N2O15. The number of ketones is 1. The number of nitrogens with zero attached hydrogens (tertiary/aromatic N) is 2. The number of nitro groups is 2. The Morgan fingerprint density at radius 2 is 1.20 bits per heavy atom. The quantitative estimate of drug-likeness (QED) is 0.0416. The molecule has 0 saturated heterocycles. The SMILES string of the molecule is CCC(C)(Oc1ccc(C(=O)OC)cc1[N+](=O)[O-])c1ccccc1.COC(=O)c1cc([N+](=O)[O-])c(F)cc1C(F)(F)F.COC(=O)c1cc2c(cc1C(F)(F)F)OC(C)(c1ccccc1)C(=O)C2.O=C=O. The van der Waals surface area contributed by atoms with Crippen LogP contribution in [0.25, 0.3) is 0 Å². The summed E-state index contributed by atoms with van der Waals surface area (Å²) in [4.78, 5) is 83.3. The zero-order chi connectivity index (χ0) is 53.6. The predicted molar refractivity (Wildman–Crippen MR) is 229 cm³/mol. The molecular weight excluding hydrogens is 966 g/mol. The lowest BCUT2D eigenvalue weighted by molar-refractivity contribution is -0.387. The number of methoxy groups -OCH3 is 3. The molecule has 24 heteroatoms. The average molecular weight is 1000 g/mol. The third-order valence-corrected chi connectivity index (χ3v) is 10.4. The third kappa shape index (κ3) is 13.8. The molecule has 6 rings (SSSR count). The number of carbonyl (C=O) groups excluding carboxylic acids is 6. The highest BCUT2D eigenvalue weighted by atomic mass is 19.4. The van der Waals surface area contributed by atoms with Crippen LogP contribution in [-0.4, -0.2) is 61.0 Å². The van der Waals surface area contributed by atoms with Crippen molar-refractivity contribution in [1.29, 1.82) is 0 Å². The van der Waals surface area contributed by atoms with E-state index in [-0.39, 0.29) is 58.8 Å². The number of carbonyl (C=O) groups is 4. The Morgan fingerprint density at radius 3 is 1.66 bits per heavy atom. The van der Waals surface area contributed by atoms with Crippen LogP contribution in [0.15, 0.2) is 103 Å². The van der Waals surface area contributed by atoms with Crippen LogP contribution in [0, 0.1) is 26.0 Å². The highest BCUT2D eigenvalue weighted by Crippen LogP contribution is 2.43. The number of fused-ring (bicyclic) bond motifs is 1. The summed E-state index contributed by atoms with van der Waals surface area (Å²) in [7, 11) is 3.02. The summed E-state index contributed by atoms with van der Waals surface area (Å²) in [5, 5.41) is 21.7. The van der Waals surface area contributed by atoms with Crippen LogP contribution in [0.3, 0.4) is 0 Å². The van der Waals surface area contributed by atoms with Gasteiger partial charge in [-0.1, -0.05) is 67.6 Å². The molecule has 71 heavy (non-hydrogen) atoms. The normalized spacial score (nSPS) is 14.5. The van der Waals surface area contributed by atoms with E-state index in [1.807, 2.05) is 44.2 Å². The summed E-state index contributed by atoms with van der Waals surface area (Å²) in [6.45, 7) is 5.34. The fourth-order valence-electron chi connectivity index (χ4n) is 6.54. The van der Waals surface area contributed by atoms with E-state index < -0.39 is 85.1 Å². The van der Waals surface area contributed by atoms with Gasteiger partial charge in [0, 0.05) is 29.7 Å². The van der Waals surface area contributed by atoms with E-state index in [0.717, 1.165) is 31.9 Å². The van der Waals surface area contributed by atoms with Crippen molar-refractivity contribution in [2.24, 2.45) is 0 Å². The van der Waals surface area contributed by atoms with Crippen LogP contribution in [0.5, 0.6) is 11.5 Å². The summed E-state index contributed by atoms with van der Waals surface area (Å²) in [5.74, 6) is -5.15. The molecule has 0 saturated carbocycles. The van der Waals surface area contributed by atoms with Gasteiger partial charge in [-0.05, 0) is 56.2 Å². The van der Waals surface area contributed by atoms with E-state index in [1.165, 1.54) is 32.2 Å². The molecule has 5 aromatic carbocycles. The van der Waals surface area contributed by atoms with Crippen molar-refractivity contribution in [2.75, 3.05) is 21.3 Å². The van der Waals surface area contributed by atoms with Gasteiger partial charge in [-0.25, -0.2) is 14.4 Å². The van der Waals surface area contributed by atoms with Crippen molar-refractivity contribution < 1.29 is 93.0 Å². The minimum atomic E-state index is -5.03. The summed E-state index contributed by atoms with van der Waals surface area (Å²) in [6.07, 6.45) is -9.08. The second-order valence-electron chi connectivity index (χ2n) is 14.8. The van der Waals surface area contributed by atoms with Gasteiger partial charge in [0.2, 0.25) is 5.82 Å². The first-order valence-corrected chi connectivity index (χ1v) is 20.0. The van der Waals surface area contributed by atoms with Gasteiger partial charge in [-0.15, -0.1) is 0 Å². The molecule has 0 aromatic heterocycles. The molecule has 0 fully saturated rings. The zero-order valence-electron chi connectivity index (χ0n) is 37.9. The van der Waals surface area contributed by atoms with Crippen LogP contribution in [-0.2, 0) is 58.6 Å². The molecule has 1 heterocycles. The Balaban J connectivity index is 0.000000278. The van der Waals surface area contributed by atoms with E-state index in [2.05, 4.69) is 14.2 Å². The van der Waals surface area contributed by atoms with E-state index in [9.17, 15) is 70.1 Å². The summed E-state index contributed by atoms with van der Waals surface area (Å²) >= 11 is 0. The average Bonchev–Trinajstić information content (AvgIpc) is 3.33. The van der Waals surface area contributed by atoms with E-state index in [0.29, 0.717) is 12.0 Å². The molecule has 2 unspecified atom stereocenters. The Morgan fingerprint density at radius 1 is 0.718 bits per heavy atom. The lowest BCUT2D eigenvalue weighted by Gasteiger charge is -2.35. The molecule has 0 radical (unpaired) electrons. The molecule has 0 bridgehead atoms. The fraction of sp³-hybridized carbons (Fsp3) is 0.255. The summed E-state index contributed by atoms with van der Waals surface area (Å²) < 4.78 is 116. The van der Waals surface area contributed by atoms with E-state index >= 15 is 0 Å². The first kappa shape index (κ1) is 56.8. The zero-order valence-corrected chi connectivity index (χ0v) is 37.9. The smallest absolute Gasteiger partial charge is 0.417 e. The molecule has 1 aliphatic heterocycles. The van der Waals surface area contributed by atoms with Gasteiger partial charge in [0.15, 0.2) is 17.1 Å². The second kappa shape index (κ2) is 23.7. The van der Waals surface area contributed by atoms with Gasteiger partial charge in [0.25, 0.3) is 0 Å². The standard InChI is InChI=1S/C19H15F3O4.C18H19NO5.C9H5F4NO4.CO2/c1-18(12-6-4-3-5-7-12)16(23)9-11-8-13(17(24)25-2)14(19(20,21)22)10-15(11)26-18;1-4-18(2,14-8-6-5-7-9-14)24-16-11-10-13(17(20)23-3)12-15(16)19(21)22;1-18-8(15)4-2-7(14(16)17)6(10)3-5(4)9(11,12)13;2-1-3/h3-8,10H,9H2,1-2H3;5-12H,4H2,1-3H3;2-3H,1H3;. The molecule has 0 spiro atoms. The monoisotopic (exact) mass is 1000 g/mol. The Bertz CT molecular complexity index is 2820. The molecule has 0 aliphatic carbocycles. The Labute approximate surface area is 397 Å². The molecule has 1 aliphatic rings. The minimum Gasteiger partial charge on any atom is -0.476 e. The second-order valence-corrected chi connectivity index (χ2v) is 14.8. The maximum absolute atomic E-state index is 13.4. The van der Waals surface area contributed by atoms with Gasteiger partial charge in [0.05, 0.1) is 59.0 Å². The van der Waals surface area contributed by atoms with Crippen molar-refractivity contribution in [3.63, 3.8) is 0 Å². The number of hydrogen-bond donors (Lipinski definition) is 0. The van der Waals surface area contributed by atoms with E-state index in [4.69, 9.17) is 19.1 Å².